The minimum atomic E-state index is -2.17. The predicted molar refractivity (Wildman–Crippen MR) is 117 cm³/mol. The third-order valence-electron chi connectivity index (χ3n) is 5.14. The minimum absolute atomic E-state index is 0.164. The first-order chi connectivity index (χ1) is 13.8. The summed E-state index contributed by atoms with van der Waals surface area (Å²) in [5, 5.41) is 39.5. The van der Waals surface area contributed by atoms with Crippen LogP contribution in [0.3, 0.4) is 0 Å². The number of nitrogens with one attached hydrogen (secondary N) is 1. The first-order valence-corrected chi connectivity index (χ1v) is 11.5. The Labute approximate surface area is 177 Å². The molecule has 0 aliphatic carbocycles. The van der Waals surface area contributed by atoms with Crippen molar-refractivity contribution in [2.45, 2.75) is 122 Å². The van der Waals surface area contributed by atoms with Gasteiger partial charge in [-0.15, -0.1) is 0 Å². The first kappa shape index (κ1) is 28.1. The molecule has 0 amide bonds. The third-order valence-corrected chi connectivity index (χ3v) is 5.14. The number of aliphatic carboxylic acids is 1. The van der Waals surface area contributed by atoms with Gasteiger partial charge in [0, 0.05) is 6.92 Å². The molecule has 6 heteroatoms. The Morgan fingerprint density at radius 2 is 1.38 bits per heavy atom. The molecule has 0 aromatic carbocycles. The zero-order valence-electron chi connectivity index (χ0n) is 18.6. The van der Waals surface area contributed by atoms with E-state index >= 15 is 0 Å². The van der Waals surface area contributed by atoms with Gasteiger partial charge < -0.3 is 20.4 Å². The summed E-state index contributed by atoms with van der Waals surface area (Å²) < 4.78 is 0. The van der Waals surface area contributed by atoms with E-state index in [1.807, 2.05) is 0 Å². The zero-order chi connectivity index (χ0) is 22.0. The average molecular weight is 416 g/mol. The lowest BCUT2D eigenvalue weighted by Gasteiger charge is -2.23. The molecule has 2 atom stereocenters. The van der Waals surface area contributed by atoms with Crippen LogP contribution in [0.2, 0.25) is 0 Å². The van der Waals surface area contributed by atoms with Crippen molar-refractivity contribution in [2.24, 2.45) is 5.92 Å². The highest BCUT2D eigenvalue weighted by atomic mass is 16.5. The summed E-state index contributed by atoms with van der Waals surface area (Å²) in [5.74, 6) is -3.53. The second-order valence-corrected chi connectivity index (χ2v) is 8.31. The van der Waals surface area contributed by atoms with E-state index in [1.54, 1.807) is 0 Å². The van der Waals surface area contributed by atoms with E-state index in [1.165, 1.54) is 44.9 Å². The second-order valence-electron chi connectivity index (χ2n) is 8.31. The molecule has 0 heterocycles. The van der Waals surface area contributed by atoms with Crippen LogP contribution in [0.1, 0.15) is 110 Å². The Bertz CT molecular complexity index is 420. The summed E-state index contributed by atoms with van der Waals surface area (Å²) in [6.07, 6.45) is 18.9. The van der Waals surface area contributed by atoms with Crippen LogP contribution in [0.25, 0.3) is 0 Å². The molecule has 0 fully saturated rings. The smallest absolute Gasteiger partial charge is 0.306 e. The van der Waals surface area contributed by atoms with E-state index < -0.39 is 24.0 Å². The summed E-state index contributed by atoms with van der Waals surface area (Å²) >= 11 is 0. The number of carboxylic acid groups (broad SMARTS) is 1. The number of aliphatic hydroxyl groups excluding tert-OH is 1. The van der Waals surface area contributed by atoms with E-state index in [0.717, 1.165) is 39.0 Å². The fraction of sp³-hybridized carbons (Fsp3) is 0.870. The van der Waals surface area contributed by atoms with Crippen molar-refractivity contribution in [3.05, 3.63) is 12.2 Å². The van der Waals surface area contributed by atoms with Crippen LogP contribution in [0, 0.1) is 5.92 Å². The number of hydrogen-bond acceptors (Lipinski definition) is 5. The normalized spacial score (nSPS) is 14.4. The van der Waals surface area contributed by atoms with E-state index in [0.29, 0.717) is 12.8 Å². The van der Waals surface area contributed by atoms with Crippen LogP contribution in [0.5, 0.6) is 0 Å². The summed E-state index contributed by atoms with van der Waals surface area (Å²) in [7, 11) is 0. The maximum Gasteiger partial charge on any atom is 0.306 e. The standard InChI is InChI=1S/C23H45NO5/c1-3-4-5-6-7-8-9-10-11-12-13-14-15-16-17-20(22(26)27)18-19-21(25)24-23(2,28)29/h10-11,20-21,24-25,28-29H,3-9,12-19H2,1-2H3,(H,26,27). The van der Waals surface area contributed by atoms with E-state index in [9.17, 15) is 25.2 Å². The maximum atomic E-state index is 11.4. The quantitative estimate of drug-likeness (QED) is 0.112. The number of allylic oxidation sites excluding steroid dienone is 2. The van der Waals surface area contributed by atoms with Crippen LogP contribution in [-0.2, 0) is 4.79 Å². The molecule has 0 saturated heterocycles. The Hall–Kier alpha value is -0.950. The van der Waals surface area contributed by atoms with E-state index in [-0.39, 0.29) is 6.42 Å². The highest BCUT2D eigenvalue weighted by Gasteiger charge is 2.22. The Kier molecular flexibility index (Phi) is 17.3. The van der Waals surface area contributed by atoms with Gasteiger partial charge in [-0.05, 0) is 44.9 Å². The molecule has 0 spiro atoms. The molecular weight excluding hydrogens is 370 g/mol. The lowest BCUT2D eigenvalue weighted by Crippen LogP contribution is -2.48. The van der Waals surface area contributed by atoms with Gasteiger partial charge in [0.05, 0.1) is 5.92 Å². The van der Waals surface area contributed by atoms with Crippen LogP contribution in [0.4, 0.5) is 0 Å². The lowest BCUT2D eigenvalue weighted by molar-refractivity contribution is -0.192. The van der Waals surface area contributed by atoms with Crippen molar-refractivity contribution in [3.63, 3.8) is 0 Å². The topological polar surface area (TPSA) is 110 Å². The van der Waals surface area contributed by atoms with Crippen LogP contribution in [0.15, 0.2) is 12.2 Å². The van der Waals surface area contributed by atoms with Gasteiger partial charge in [0.15, 0.2) is 0 Å². The number of hydrogen-bond donors (Lipinski definition) is 5. The van der Waals surface area contributed by atoms with Crippen molar-refractivity contribution in [1.29, 1.82) is 0 Å². The van der Waals surface area contributed by atoms with Gasteiger partial charge in [0.25, 0.3) is 0 Å². The molecule has 0 bridgehead atoms. The van der Waals surface area contributed by atoms with Gasteiger partial charge in [-0.2, -0.15) is 0 Å². The number of rotatable bonds is 20. The third kappa shape index (κ3) is 20.1. The zero-order valence-corrected chi connectivity index (χ0v) is 18.6. The molecule has 0 saturated carbocycles. The summed E-state index contributed by atoms with van der Waals surface area (Å²) in [4.78, 5) is 11.4. The molecule has 29 heavy (non-hydrogen) atoms. The van der Waals surface area contributed by atoms with Gasteiger partial charge in [0.2, 0.25) is 5.91 Å². The molecule has 2 unspecified atom stereocenters. The predicted octanol–water partition coefficient (Wildman–Crippen LogP) is 4.68. The summed E-state index contributed by atoms with van der Waals surface area (Å²) in [6.45, 7) is 3.35. The first-order valence-electron chi connectivity index (χ1n) is 11.5. The number of aliphatic hydroxyl groups is 3. The van der Waals surface area contributed by atoms with Crippen molar-refractivity contribution in [3.8, 4) is 0 Å². The second kappa shape index (κ2) is 17.9. The number of unbranched alkanes of at least 4 members (excludes halogenated alkanes) is 10. The van der Waals surface area contributed by atoms with Crippen molar-refractivity contribution in [2.75, 3.05) is 0 Å². The molecule has 172 valence electrons. The molecule has 0 aliphatic rings. The molecule has 0 radical (unpaired) electrons. The molecule has 0 aliphatic heterocycles. The van der Waals surface area contributed by atoms with Gasteiger partial charge in [0.1, 0.15) is 6.23 Å². The maximum absolute atomic E-state index is 11.4. The molecule has 0 aromatic rings. The average Bonchev–Trinajstić information content (AvgIpc) is 2.62. The van der Waals surface area contributed by atoms with Gasteiger partial charge in [-0.25, -0.2) is 5.32 Å². The molecule has 0 aromatic heterocycles. The Balaban J connectivity index is 3.67. The highest BCUT2D eigenvalue weighted by molar-refractivity contribution is 5.69. The van der Waals surface area contributed by atoms with Crippen molar-refractivity contribution < 1.29 is 25.2 Å². The molecule has 6 nitrogen and oxygen atoms in total. The minimum Gasteiger partial charge on any atom is -0.481 e. The molecular formula is C23H45NO5. The van der Waals surface area contributed by atoms with Crippen LogP contribution in [-0.4, -0.2) is 38.5 Å². The highest BCUT2D eigenvalue weighted by Crippen LogP contribution is 2.18. The van der Waals surface area contributed by atoms with Crippen molar-refractivity contribution in [1.82, 2.24) is 5.32 Å². The number of carbonyl (C=O) groups is 1. The van der Waals surface area contributed by atoms with E-state index in [4.69, 9.17) is 0 Å². The van der Waals surface area contributed by atoms with Crippen molar-refractivity contribution >= 4 is 5.97 Å². The number of carboxylic acids is 1. The Morgan fingerprint density at radius 1 is 0.862 bits per heavy atom. The van der Waals surface area contributed by atoms with Gasteiger partial charge >= 0.3 is 5.97 Å². The fourth-order valence-electron chi connectivity index (χ4n) is 3.42. The monoisotopic (exact) mass is 415 g/mol. The van der Waals surface area contributed by atoms with Gasteiger partial charge in [-0.3, -0.25) is 4.79 Å². The van der Waals surface area contributed by atoms with Crippen LogP contribution < -0.4 is 5.32 Å². The largest absolute Gasteiger partial charge is 0.481 e. The SMILES string of the molecule is CCCCCCCCC=CCCCCCCC(CCC(O)NC(C)(O)O)C(=O)O. The lowest BCUT2D eigenvalue weighted by atomic mass is 9.95. The van der Waals surface area contributed by atoms with E-state index in [2.05, 4.69) is 24.4 Å². The fourth-order valence-corrected chi connectivity index (χ4v) is 3.42. The van der Waals surface area contributed by atoms with Gasteiger partial charge in [-0.1, -0.05) is 70.4 Å². The summed E-state index contributed by atoms with van der Waals surface area (Å²) in [6, 6.07) is 0. The molecule has 0 rings (SSSR count). The summed E-state index contributed by atoms with van der Waals surface area (Å²) in [5.41, 5.74) is 0. The molecule has 5 N–H and O–H groups in total. The Morgan fingerprint density at radius 3 is 1.90 bits per heavy atom. The van der Waals surface area contributed by atoms with Crippen LogP contribution >= 0.6 is 0 Å².